The first-order valence-electron chi connectivity index (χ1n) is 10.2. The molecule has 2 N–H and O–H groups in total. The molecular weight excluding hydrogens is 508 g/mol. The third-order valence-electron chi connectivity index (χ3n) is 4.68. The first-order valence-corrected chi connectivity index (χ1v) is 12.5. The molecule has 1 atom stereocenters. The fourth-order valence-corrected chi connectivity index (χ4v) is 4.50. The molecule has 3 rings (SSSR count). The van der Waals surface area contributed by atoms with Crippen LogP contribution < -0.4 is 10.0 Å². The molecule has 1 amide bonds. The van der Waals surface area contributed by atoms with E-state index in [1.807, 2.05) is 30.3 Å². The van der Waals surface area contributed by atoms with Gasteiger partial charge in [-0.25, -0.2) is 13.2 Å². The van der Waals surface area contributed by atoms with E-state index in [1.54, 1.807) is 31.2 Å². The molecule has 3 aromatic rings. The molecule has 9 heteroatoms. The molecule has 172 valence electrons. The zero-order chi connectivity index (χ0) is 23.8. The lowest BCUT2D eigenvalue weighted by Gasteiger charge is -2.19. The Morgan fingerprint density at radius 2 is 1.58 bits per heavy atom. The molecule has 0 aromatic heterocycles. The Kier molecular flexibility index (Phi) is 8.37. The molecule has 0 radical (unpaired) electrons. The second-order valence-corrected chi connectivity index (χ2v) is 9.73. The number of amides is 1. The lowest BCUT2D eigenvalue weighted by Crippen LogP contribution is -2.45. The number of anilines is 1. The number of hydrogen-bond acceptors (Lipinski definition) is 5. The summed E-state index contributed by atoms with van der Waals surface area (Å²) in [7, 11) is -3.95. The van der Waals surface area contributed by atoms with E-state index < -0.39 is 27.9 Å². The molecule has 0 bridgehead atoms. The zero-order valence-electron chi connectivity index (χ0n) is 17.8. The van der Waals surface area contributed by atoms with Gasteiger partial charge in [-0.15, -0.1) is 0 Å². The first-order chi connectivity index (χ1) is 15.8. The Morgan fingerprint density at radius 3 is 2.18 bits per heavy atom. The molecule has 0 unspecified atom stereocenters. The van der Waals surface area contributed by atoms with Gasteiger partial charge in [0, 0.05) is 10.2 Å². The van der Waals surface area contributed by atoms with E-state index in [0.29, 0.717) is 11.3 Å². The van der Waals surface area contributed by atoms with Gasteiger partial charge in [0.2, 0.25) is 15.9 Å². The van der Waals surface area contributed by atoms with Gasteiger partial charge < -0.3 is 10.1 Å². The van der Waals surface area contributed by atoms with Crippen LogP contribution in [0.5, 0.6) is 0 Å². The average Bonchev–Trinajstić information content (AvgIpc) is 2.80. The SMILES string of the molecule is CCOC(=O)c1ccc(NC(=O)[C@@H](Cc2ccccc2)NS(=O)(=O)c2ccc(Br)cc2)cc1. The number of hydrogen-bond donors (Lipinski definition) is 2. The van der Waals surface area contributed by atoms with Gasteiger partial charge in [0.05, 0.1) is 17.1 Å². The Balaban J connectivity index is 1.80. The van der Waals surface area contributed by atoms with Crippen molar-refractivity contribution in [3.63, 3.8) is 0 Å². The lowest BCUT2D eigenvalue weighted by atomic mass is 10.1. The van der Waals surface area contributed by atoms with Crippen LogP contribution >= 0.6 is 15.9 Å². The van der Waals surface area contributed by atoms with Gasteiger partial charge in [0.15, 0.2) is 0 Å². The molecule has 33 heavy (non-hydrogen) atoms. The molecule has 0 saturated heterocycles. The second kappa shape index (κ2) is 11.2. The molecule has 7 nitrogen and oxygen atoms in total. The summed E-state index contributed by atoms with van der Waals surface area (Å²) in [6.45, 7) is 1.98. The van der Waals surface area contributed by atoms with E-state index in [0.717, 1.165) is 10.0 Å². The smallest absolute Gasteiger partial charge is 0.338 e. The Labute approximate surface area is 201 Å². The van der Waals surface area contributed by atoms with E-state index in [4.69, 9.17) is 4.74 Å². The molecular formula is C24H23BrN2O5S. The van der Waals surface area contributed by atoms with Gasteiger partial charge in [-0.2, -0.15) is 4.72 Å². The van der Waals surface area contributed by atoms with Gasteiger partial charge in [0.1, 0.15) is 6.04 Å². The van der Waals surface area contributed by atoms with E-state index >= 15 is 0 Å². The summed E-state index contributed by atoms with van der Waals surface area (Å²) in [5, 5.41) is 2.72. The number of carbonyl (C=O) groups excluding carboxylic acids is 2. The molecule has 0 aliphatic heterocycles. The summed E-state index contributed by atoms with van der Waals surface area (Å²) in [5.41, 5.74) is 1.58. The largest absolute Gasteiger partial charge is 0.462 e. The van der Waals surface area contributed by atoms with E-state index in [-0.39, 0.29) is 17.9 Å². The highest BCUT2D eigenvalue weighted by molar-refractivity contribution is 9.10. The number of nitrogens with one attached hydrogen (secondary N) is 2. The number of benzene rings is 3. The Bertz CT molecular complexity index is 1200. The highest BCUT2D eigenvalue weighted by Gasteiger charge is 2.26. The van der Waals surface area contributed by atoms with E-state index in [2.05, 4.69) is 26.0 Å². The van der Waals surface area contributed by atoms with Crippen LogP contribution in [0.4, 0.5) is 5.69 Å². The van der Waals surface area contributed by atoms with Crippen LogP contribution in [0, 0.1) is 0 Å². The lowest BCUT2D eigenvalue weighted by molar-refractivity contribution is -0.117. The maximum absolute atomic E-state index is 13.1. The van der Waals surface area contributed by atoms with Crippen molar-refractivity contribution in [3.05, 3.63) is 94.5 Å². The summed E-state index contributed by atoms with van der Waals surface area (Å²) >= 11 is 3.28. The number of sulfonamides is 1. The van der Waals surface area contributed by atoms with Crippen molar-refractivity contribution in [1.82, 2.24) is 4.72 Å². The van der Waals surface area contributed by atoms with Crippen LogP contribution in [0.1, 0.15) is 22.8 Å². The number of ether oxygens (including phenoxy) is 1. The standard InChI is InChI=1S/C24H23BrN2O5S/c1-2-32-24(29)18-8-12-20(13-9-18)26-23(28)22(16-17-6-4-3-5-7-17)27-33(30,31)21-14-10-19(25)11-15-21/h3-15,22,27H,2,16H2,1H3,(H,26,28)/t22-/m1/s1. The third kappa shape index (κ3) is 6.98. The van der Waals surface area contributed by atoms with Crippen LogP contribution in [-0.4, -0.2) is 32.9 Å². The Hall–Kier alpha value is -3.01. The summed E-state index contributed by atoms with van der Waals surface area (Å²) in [6, 6.07) is 20.4. The molecule has 0 spiro atoms. The summed E-state index contributed by atoms with van der Waals surface area (Å²) < 4.78 is 34.1. The molecule has 0 aliphatic carbocycles. The number of carbonyl (C=O) groups is 2. The normalized spacial score (nSPS) is 12.1. The predicted octanol–water partition coefficient (Wildman–Crippen LogP) is 4.15. The molecule has 0 fully saturated rings. The zero-order valence-corrected chi connectivity index (χ0v) is 20.2. The number of esters is 1. The number of rotatable bonds is 9. The Morgan fingerprint density at radius 1 is 0.939 bits per heavy atom. The minimum atomic E-state index is -3.95. The minimum absolute atomic E-state index is 0.0513. The predicted molar refractivity (Wildman–Crippen MR) is 129 cm³/mol. The van der Waals surface area contributed by atoms with Gasteiger partial charge in [-0.05, 0) is 67.4 Å². The fraction of sp³-hybridized carbons (Fsp3) is 0.167. The van der Waals surface area contributed by atoms with Crippen LogP contribution in [-0.2, 0) is 26.0 Å². The van der Waals surface area contributed by atoms with Crippen LogP contribution in [0.15, 0.2) is 88.2 Å². The van der Waals surface area contributed by atoms with Crippen LogP contribution in [0.2, 0.25) is 0 Å². The maximum atomic E-state index is 13.1. The van der Waals surface area contributed by atoms with E-state index in [1.165, 1.54) is 24.3 Å². The molecule has 3 aromatic carbocycles. The quantitative estimate of drug-likeness (QED) is 0.404. The first kappa shape index (κ1) is 24.6. The topological polar surface area (TPSA) is 102 Å². The molecule has 0 saturated carbocycles. The third-order valence-corrected chi connectivity index (χ3v) is 6.70. The van der Waals surface area contributed by atoms with Gasteiger partial charge >= 0.3 is 5.97 Å². The molecule has 0 heterocycles. The van der Waals surface area contributed by atoms with E-state index in [9.17, 15) is 18.0 Å². The van der Waals surface area contributed by atoms with Gasteiger partial charge in [0.25, 0.3) is 0 Å². The van der Waals surface area contributed by atoms with Crippen LogP contribution in [0.25, 0.3) is 0 Å². The van der Waals surface area contributed by atoms with Gasteiger partial charge in [-0.1, -0.05) is 46.3 Å². The summed E-state index contributed by atoms with van der Waals surface area (Å²) in [6.07, 6.45) is 0.156. The monoisotopic (exact) mass is 530 g/mol. The average molecular weight is 531 g/mol. The second-order valence-electron chi connectivity index (χ2n) is 7.10. The minimum Gasteiger partial charge on any atom is -0.462 e. The van der Waals surface area contributed by atoms with Crippen molar-refractivity contribution in [2.45, 2.75) is 24.3 Å². The van der Waals surface area contributed by atoms with Crippen LogP contribution in [0.3, 0.4) is 0 Å². The summed E-state index contributed by atoms with van der Waals surface area (Å²) in [4.78, 5) is 24.9. The van der Waals surface area contributed by atoms with Crippen molar-refractivity contribution in [3.8, 4) is 0 Å². The highest BCUT2D eigenvalue weighted by atomic mass is 79.9. The number of halogens is 1. The highest BCUT2D eigenvalue weighted by Crippen LogP contribution is 2.17. The van der Waals surface area contributed by atoms with Crippen molar-refractivity contribution >= 4 is 43.5 Å². The maximum Gasteiger partial charge on any atom is 0.338 e. The fourth-order valence-electron chi connectivity index (χ4n) is 3.04. The summed E-state index contributed by atoms with van der Waals surface area (Å²) in [5.74, 6) is -0.983. The van der Waals surface area contributed by atoms with Gasteiger partial charge in [-0.3, -0.25) is 4.79 Å². The van der Waals surface area contributed by atoms with Crippen molar-refractivity contribution in [2.75, 3.05) is 11.9 Å². The van der Waals surface area contributed by atoms with Crippen molar-refractivity contribution in [1.29, 1.82) is 0 Å². The van der Waals surface area contributed by atoms with Crippen molar-refractivity contribution in [2.24, 2.45) is 0 Å². The van der Waals surface area contributed by atoms with Crippen molar-refractivity contribution < 1.29 is 22.7 Å². The molecule has 0 aliphatic rings.